The van der Waals surface area contributed by atoms with Crippen LogP contribution in [0, 0.1) is 5.92 Å². The van der Waals surface area contributed by atoms with Crippen LogP contribution in [0.4, 0.5) is 5.69 Å². The van der Waals surface area contributed by atoms with Gasteiger partial charge in [-0.25, -0.2) is 18.4 Å². The number of amides is 1. The van der Waals surface area contributed by atoms with Gasteiger partial charge in [0.05, 0.1) is 18.9 Å². The summed E-state index contributed by atoms with van der Waals surface area (Å²) in [5, 5.41) is 5.38. The number of pyridine rings is 1. The third-order valence-corrected chi connectivity index (χ3v) is 9.31. The Morgan fingerprint density at radius 2 is 2.06 bits per heavy atom. The fourth-order valence-corrected chi connectivity index (χ4v) is 6.29. The molecule has 1 saturated carbocycles. The smallest absolute Gasteiger partial charge is 0.277 e. The minimum atomic E-state index is -3.81. The number of amidine groups is 1. The maximum atomic E-state index is 13.2. The van der Waals surface area contributed by atoms with Crippen LogP contribution >= 0.6 is 10.9 Å². The molecule has 31 heavy (non-hydrogen) atoms. The molecule has 4 rings (SSSR count). The van der Waals surface area contributed by atoms with Gasteiger partial charge in [0.1, 0.15) is 0 Å². The predicted octanol–water partition coefficient (Wildman–Crippen LogP) is 1.54. The largest absolute Gasteiger partial charge is 0.379 e. The summed E-state index contributed by atoms with van der Waals surface area (Å²) in [6, 6.07) is 3.18. The Kier molecular flexibility index (Phi) is 6.65. The van der Waals surface area contributed by atoms with Crippen LogP contribution in [0.3, 0.4) is 0 Å². The number of thiol groups is 1. The fraction of sp³-hybridized carbons (Fsp3) is 0.550. The number of sulfonamides is 1. The van der Waals surface area contributed by atoms with Crippen molar-refractivity contribution >= 4 is 37.7 Å². The van der Waals surface area contributed by atoms with Crippen LogP contribution in [0.25, 0.3) is 0 Å². The zero-order chi connectivity index (χ0) is 22.0. The molecule has 9 nitrogen and oxygen atoms in total. The number of morpholine rings is 1. The number of ether oxygens (including phenoxy) is 1. The highest BCUT2D eigenvalue weighted by Crippen LogP contribution is 2.33. The lowest BCUT2D eigenvalue weighted by molar-refractivity contribution is 0.0729. The number of rotatable bonds is 7. The third kappa shape index (κ3) is 4.94. The third-order valence-electron chi connectivity index (χ3n) is 5.56. The number of nitrogens with zero attached hydrogens (tertiary/aromatic N) is 4. The quantitative estimate of drug-likeness (QED) is 0.590. The second kappa shape index (κ2) is 9.27. The Bertz CT molecular complexity index is 1000. The summed E-state index contributed by atoms with van der Waals surface area (Å²) in [5.41, 5.74) is 0.732. The highest BCUT2D eigenvalue weighted by molar-refractivity contribution is 8.32. The first-order chi connectivity index (χ1) is 14.9. The van der Waals surface area contributed by atoms with Gasteiger partial charge < -0.3 is 15.0 Å². The second-order valence-electron chi connectivity index (χ2n) is 7.85. The summed E-state index contributed by atoms with van der Waals surface area (Å²) >= 11 is 0. The summed E-state index contributed by atoms with van der Waals surface area (Å²) in [7, 11) is -2.54. The topological polar surface area (TPSA) is 104 Å². The van der Waals surface area contributed by atoms with E-state index in [-0.39, 0.29) is 23.8 Å². The molecule has 1 N–H and O–H groups in total. The summed E-state index contributed by atoms with van der Waals surface area (Å²) in [6.07, 6.45) is 4.05. The number of aromatic nitrogens is 1. The average Bonchev–Trinajstić information content (AvgIpc) is 3.49. The van der Waals surface area contributed by atoms with Gasteiger partial charge in [-0.1, -0.05) is 6.92 Å². The summed E-state index contributed by atoms with van der Waals surface area (Å²) in [6.45, 7) is 4.11. The molecule has 2 aliphatic heterocycles. The van der Waals surface area contributed by atoms with Gasteiger partial charge in [-0.05, 0) is 42.1 Å². The molecule has 1 aromatic rings. The lowest BCUT2D eigenvalue weighted by atomic mass is 10.2. The Balaban J connectivity index is 1.65. The first-order valence-electron chi connectivity index (χ1n) is 10.5. The minimum Gasteiger partial charge on any atom is -0.379 e. The maximum absolute atomic E-state index is 13.2. The monoisotopic (exact) mass is 467 g/mol. The van der Waals surface area contributed by atoms with Crippen LogP contribution in [0.15, 0.2) is 33.8 Å². The molecule has 1 aliphatic carbocycles. The molecule has 1 saturated heterocycles. The number of aliphatic imine (C=N–C) groups is 1. The molecule has 1 atom stereocenters. The van der Waals surface area contributed by atoms with E-state index >= 15 is 0 Å². The second-order valence-corrected chi connectivity index (χ2v) is 12.0. The van der Waals surface area contributed by atoms with Gasteiger partial charge in [-0.3, -0.25) is 4.79 Å². The molecule has 0 bridgehead atoms. The maximum Gasteiger partial charge on any atom is 0.277 e. The van der Waals surface area contributed by atoms with E-state index in [1.165, 1.54) is 23.2 Å². The fourth-order valence-electron chi connectivity index (χ4n) is 3.61. The van der Waals surface area contributed by atoms with E-state index in [0.29, 0.717) is 30.0 Å². The van der Waals surface area contributed by atoms with E-state index in [4.69, 9.17) is 4.74 Å². The van der Waals surface area contributed by atoms with Crippen LogP contribution in [-0.4, -0.2) is 74.4 Å². The Labute approximate surface area is 186 Å². The number of hydrogen-bond donors (Lipinski definition) is 2. The summed E-state index contributed by atoms with van der Waals surface area (Å²) < 4.78 is 32.8. The lowest BCUT2D eigenvalue weighted by Crippen LogP contribution is -2.41. The lowest BCUT2D eigenvalue weighted by Gasteiger charge is -2.26. The van der Waals surface area contributed by atoms with Gasteiger partial charge in [-0.15, -0.1) is 0 Å². The van der Waals surface area contributed by atoms with Crippen LogP contribution in [-0.2, 0) is 14.8 Å². The molecular weight excluding hydrogens is 438 g/mol. The van der Waals surface area contributed by atoms with Crippen molar-refractivity contribution in [1.29, 1.82) is 0 Å². The van der Waals surface area contributed by atoms with Crippen molar-refractivity contribution in [2.75, 3.05) is 50.5 Å². The van der Waals surface area contributed by atoms with Gasteiger partial charge in [0.25, 0.3) is 15.9 Å². The van der Waals surface area contributed by atoms with Crippen LogP contribution < -0.4 is 10.2 Å². The highest BCUT2D eigenvalue weighted by Gasteiger charge is 2.31. The van der Waals surface area contributed by atoms with Crippen LogP contribution in [0.1, 0.15) is 30.3 Å². The normalized spacial score (nSPS) is 22.9. The van der Waals surface area contributed by atoms with E-state index in [1.54, 1.807) is 12.3 Å². The van der Waals surface area contributed by atoms with Gasteiger partial charge in [-0.2, -0.15) is 15.2 Å². The molecule has 3 aliphatic rings. The zero-order valence-electron chi connectivity index (χ0n) is 17.8. The van der Waals surface area contributed by atoms with E-state index in [1.807, 2.05) is 24.3 Å². The molecule has 0 aromatic carbocycles. The van der Waals surface area contributed by atoms with E-state index in [9.17, 15) is 13.2 Å². The van der Waals surface area contributed by atoms with E-state index in [0.717, 1.165) is 12.3 Å². The van der Waals surface area contributed by atoms with Crippen molar-refractivity contribution in [1.82, 2.24) is 14.6 Å². The predicted molar refractivity (Wildman–Crippen MR) is 123 cm³/mol. The standard InChI is InChI=1S/C20H29N5O4S2/c1-3-30-13-8-21-20(30)23-19(26)18-16(24(2)14-15-4-5-15)6-7-17(22-18)31(27,28)25-9-11-29-12-10-25/h6-8,13,15,30H,3-5,9-12,14H2,1-2H3,(H,21,23,26). The van der Waals surface area contributed by atoms with Crippen molar-refractivity contribution in [2.24, 2.45) is 10.9 Å². The zero-order valence-corrected chi connectivity index (χ0v) is 19.5. The molecule has 1 unspecified atom stereocenters. The number of carbonyl (C=O) groups excluding carboxylic acids is 1. The molecular formula is C20H29N5O4S2. The molecule has 3 heterocycles. The van der Waals surface area contributed by atoms with Crippen molar-refractivity contribution in [3.63, 3.8) is 0 Å². The van der Waals surface area contributed by atoms with Gasteiger partial charge in [0, 0.05) is 32.9 Å². The van der Waals surface area contributed by atoms with Gasteiger partial charge in [0.15, 0.2) is 15.9 Å². The Morgan fingerprint density at radius 1 is 1.32 bits per heavy atom. The van der Waals surface area contributed by atoms with Gasteiger partial charge in [0.2, 0.25) is 0 Å². The van der Waals surface area contributed by atoms with Crippen molar-refractivity contribution in [3.8, 4) is 0 Å². The molecule has 0 radical (unpaired) electrons. The summed E-state index contributed by atoms with van der Waals surface area (Å²) in [5.74, 6) is 1.05. The molecule has 11 heteroatoms. The SMILES string of the molecule is CC[SH]1C=CN=C1NC(=O)c1nc(S(=O)(=O)N2CCOCC2)ccc1N(C)CC1CC1. The molecule has 2 fully saturated rings. The van der Waals surface area contributed by atoms with Crippen molar-refractivity contribution < 1.29 is 17.9 Å². The Morgan fingerprint density at radius 3 is 2.74 bits per heavy atom. The minimum absolute atomic E-state index is 0.109. The van der Waals surface area contributed by atoms with Gasteiger partial charge >= 0.3 is 0 Å². The molecule has 1 aromatic heterocycles. The highest BCUT2D eigenvalue weighted by atomic mass is 32.2. The molecule has 0 spiro atoms. The van der Waals surface area contributed by atoms with E-state index in [2.05, 4.69) is 15.3 Å². The number of hydrogen-bond acceptors (Lipinski definition) is 7. The van der Waals surface area contributed by atoms with Crippen LogP contribution in [0.2, 0.25) is 0 Å². The number of nitrogens with one attached hydrogen (secondary N) is 1. The summed E-state index contributed by atoms with van der Waals surface area (Å²) in [4.78, 5) is 23.9. The number of carbonyl (C=O) groups is 1. The Hall–Kier alpha value is -1.95. The van der Waals surface area contributed by atoms with Crippen LogP contribution in [0.5, 0.6) is 0 Å². The van der Waals surface area contributed by atoms with E-state index < -0.39 is 26.8 Å². The van der Waals surface area contributed by atoms with Crippen molar-refractivity contribution in [3.05, 3.63) is 29.4 Å². The first kappa shape index (κ1) is 22.3. The molecule has 170 valence electrons. The van der Waals surface area contributed by atoms with Crippen molar-refractivity contribution in [2.45, 2.75) is 24.8 Å². The first-order valence-corrected chi connectivity index (χ1v) is 13.6. The number of anilines is 1. The average molecular weight is 468 g/mol. The molecule has 1 amide bonds.